The molecule has 22 nitrogen and oxygen atoms in total. The zero-order valence-corrected chi connectivity index (χ0v) is 38.0. The van der Waals surface area contributed by atoms with Gasteiger partial charge in [-0.2, -0.15) is 5.10 Å². The predicted octanol–water partition coefficient (Wildman–Crippen LogP) is 3.63. The molecular formula is C46H48N14O8. The van der Waals surface area contributed by atoms with Crippen LogP contribution in [0.5, 0.6) is 5.75 Å². The molecule has 7 heterocycles. The number of imidazole rings is 1. The maximum atomic E-state index is 13.6. The number of fused-ring (bicyclic) bond motifs is 4. The van der Waals surface area contributed by atoms with Gasteiger partial charge in [0.25, 0.3) is 17.7 Å². The van der Waals surface area contributed by atoms with Crippen LogP contribution in [0.15, 0.2) is 65.4 Å². The Kier molecular flexibility index (Phi) is 12.9. The molecule has 0 saturated heterocycles. The number of benzene rings is 1. The molecule has 1 aromatic carbocycles. The summed E-state index contributed by atoms with van der Waals surface area (Å²) in [5, 5.41) is 8.64. The Bertz CT molecular complexity index is 3230. The van der Waals surface area contributed by atoms with E-state index >= 15 is 0 Å². The topological polar surface area (TPSA) is 287 Å². The summed E-state index contributed by atoms with van der Waals surface area (Å²) in [5.41, 5.74) is 15.5. The van der Waals surface area contributed by atoms with Crippen LogP contribution in [-0.4, -0.2) is 116 Å². The normalized spacial score (nSPS) is 12.7. The lowest BCUT2D eigenvalue weighted by Gasteiger charge is -2.19. The first-order valence-corrected chi connectivity index (χ1v) is 21.8. The fourth-order valence-corrected chi connectivity index (χ4v) is 7.96. The number of nitrogens with zero attached hydrogens (tertiary/aromatic N) is 11. The molecule has 6 amide bonds. The number of imide groups is 1. The lowest BCUT2D eigenvalue weighted by Crippen LogP contribution is -2.36. The molecule has 6 aromatic heterocycles. The highest BCUT2D eigenvalue weighted by molar-refractivity contribution is 6.13. The van der Waals surface area contributed by atoms with Gasteiger partial charge in [0.05, 0.1) is 29.1 Å². The van der Waals surface area contributed by atoms with E-state index in [0.717, 1.165) is 10.6 Å². The van der Waals surface area contributed by atoms with Crippen molar-refractivity contribution in [1.82, 2.24) is 53.6 Å². The average molecular weight is 925 g/mol. The number of hydrogen-bond donors (Lipinski definition) is 3. The monoisotopic (exact) mass is 924 g/mol. The number of aromatic nitrogens is 9. The van der Waals surface area contributed by atoms with Crippen LogP contribution < -0.4 is 21.5 Å². The standard InChI is InChI=1S/C46H48N14O8/c1-6-31-39(68-26(4)51-31)45(66)54-46-52-32-21-28(41(48)65)23-50-44(32)59(46)16-9-8-15-58-38-29(30-24-49-42(53-43(30)58)33-19-25(3)55-60(33)7-2)20-27(40(47)64)22-34(38)67-18-10-14-56(5)35(61)13-17-57-36(62)11-12-37(57)63/h8-9,11-12,19-24H,6-7,10,13-18H2,1-5H3,(H2,47,64)(H2,48,65)(H,52,54,66)/b9-8+. The van der Waals surface area contributed by atoms with E-state index in [9.17, 15) is 28.8 Å². The van der Waals surface area contributed by atoms with Gasteiger partial charge in [-0.15, -0.1) is 0 Å². The van der Waals surface area contributed by atoms with Gasteiger partial charge in [0.2, 0.25) is 29.4 Å². The van der Waals surface area contributed by atoms with Crippen LogP contribution in [0, 0.1) is 13.8 Å². The van der Waals surface area contributed by atoms with Crippen molar-refractivity contribution in [2.45, 2.75) is 66.6 Å². The van der Waals surface area contributed by atoms with E-state index in [2.05, 4.69) is 25.4 Å². The predicted molar refractivity (Wildman–Crippen MR) is 247 cm³/mol. The fourth-order valence-electron chi connectivity index (χ4n) is 7.96. The van der Waals surface area contributed by atoms with Gasteiger partial charge >= 0.3 is 0 Å². The van der Waals surface area contributed by atoms with Crippen LogP contribution in [0.3, 0.4) is 0 Å². The maximum absolute atomic E-state index is 13.6. The smallest absolute Gasteiger partial charge is 0.295 e. The molecule has 1 aliphatic heterocycles. The van der Waals surface area contributed by atoms with Gasteiger partial charge in [0.15, 0.2) is 17.4 Å². The van der Waals surface area contributed by atoms with Crippen molar-refractivity contribution in [3.05, 3.63) is 95.1 Å². The lowest BCUT2D eigenvalue weighted by molar-refractivity contribution is -0.138. The minimum Gasteiger partial charge on any atom is -0.491 e. The SMILES string of the molecule is CCc1nc(C)oc1C(=O)Nc1nc2cc(C(N)=O)cnc2n1C/C=C/Cn1c2nc(-c3cc(C)nn3CC)ncc2c2cc(C(N)=O)cc(OCCCN(C)C(=O)CCN3C(=O)C=CC3=O)c21. The summed E-state index contributed by atoms with van der Waals surface area (Å²) in [7, 11) is 1.63. The highest BCUT2D eigenvalue weighted by atomic mass is 16.5. The van der Waals surface area contributed by atoms with Gasteiger partial charge in [-0.05, 0) is 51.0 Å². The number of primary amides is 2. The van der Waals surface area contributed by atoms with Crippen molar-refractivity contribution in [1.29, 1.82) is 0 Å². The van der Waals surface area contributed by atoms with Crippen LogP contribution in [0.1, 0.15) is 75.2 Å². The molecular weight excluding hydrogens is 877 g/mol. The Morgan fingerprint density at radius 1 is 0.868 bits per heavy atom. The number of rotatable bonds is 19. The van der Waals surface area contributed by atoms with Crippen LogP contribution >= 0.6 is 0 Å². The number of ether oxygens (including phenoxy) is 1. The number of carbonyl (C=O) groups is 6. The lowest BCUT2D eigenvalue weighted by atomic mass is 10.1. The van der Waals surface area contributed by atoms with E-state index in [1.54, 1.807) is 36.9 Å². The number of aryl methyl sites for hydroxylation is 4. The number of nitrogens with two attached hydrogens (primary N) is 2. The van der Waals surface area contributed by atoms with Crippen molar-refractivity contribution in [2.24, 2.45) is 11.5 Å². The highest BCUT2D eigenvalue weighted by Crippen LogP contribution is 2.37. The Hall–Kier alpha value is -8.56. The Morgan fingerprint density at radius 3 is 2.31 bits per heavy atom. The first-order chi connectivity index (χ1) is 32.6. The van der Waals surface area contributed by atoms with Crippen molar-refractivity contribution < 1.29 is 37.9 Å². The average Bonchev–Trinajstić information content (AvgIpc) is 4.13. The highest BCUT2D eigenvalue weighted by Gasteiger charge is 2.26. The summed E-state index contributed by atoms with van der Waals surface area (Å²) in [5.74, 6) is -1.81. The fraction of sp³-hybridized carbons (Fsp3) is 0.304. The van der Waals surface area contributed by atoms with Gasteiger partial charge in [0, 0.05) is 94.0 Å². The van der Waals surface area contributed by atoms with E-state index in [1.807, 2.05) is 48.2 Å². The van der Waals surface area contributed by atoms with E-state index in [4.69, 9.17) is 30.6 Å². The summed E-state index contributed by atoms with van der Waals surface area (Å²) in [6.45, 7) is 8.72. The van der Waals surface area contributed by atoms with E-state index in [-0.39, 0.29) is 61.4 Å². The Balaban J connectivity index is 1.12. The molecule has 350 valence electrons. The van der Waals surface area contributed by atoms with E-state index < -0.39 is 29.5 Å². The quantitative estimate of drug-likeness (QED) is 0.0593. The zero-order chi connectivity index (χ0) is 48.4. The molecule has 0 aliphatic carbocycles. The van der Waals surface area contributed by atoms with Crippen molar-refractivity contribution in [3.63, 3.8) is 0 Å². The largest absolute Gasteiger partial charge is 0.491 e. The Morgan fingerprint density at radius 2 is 1.60 bits per heavy atom. The number of allylic oxidation sites excluding steroid dienone is 2. The molecule has 5 N–H and O–H groups in total. The summed E-state index contributed by atoms with van der Waals surface area (Å²) >= 11 is 0. The van der Waals surface area contributed by atoms with Crippen LogP contribution in [-0.2, 0) is 40.4 Å². The number of hydrogen-bond acceptors (Lipinski definition) is 14. The van der Waals surface area contributed by atoms with Crippen molar-refractivity contribution in [2.75, 3.05) is 32.1 Å². The first-order valence-electron chi connectivity index (χ1n) is 21.8. The third-order valence-corrected chi connectivity index (χ3v) is 11.3. The van der Waals surface area contributed by atoms with Gasteiger partial charge in [-0.25, -0.2) is 24.9 Å². The molecule has 68 heavy (non-hydrogen) atoms. The second-order valence-corrected chi connectivity index (χ2v) is 16.0. The van der Waals surface area contributed by atoms with Crippen molar-refractivity contribution >= 4 is 74.5 Å². The van der Waals surface area contributed by atoms with Crippen LogP contribution in [0.2, 0.25) is 0 Å². The molecule has 22 heteroatoms. The van der Waals surface area contributed by atoms with Crippen LogP contribution in [0.4, 0.5) is 5.95 Å². The first kappa shape index (κ1) is 46.0. The number of carbonyl (C=O) groups excluding carboxylic acids is 6. The molecule has 0 radical (unpaired) electrons. The summed E-state index contributed by atoms with van der Waals surface area (Å²) < 4.78 is 17.5. The number of oxazole rings is 1. The van der Waals surface area contributed by atoms with Crippen LogP contribution in [0.25, 0.3) is 44.6 Å². The van der Waals surface area contributed by atoms with E-state index in [0.29, 0.717) is 87.9 Å². The molecule has 0 saturated carbocycles. The van der Waals surface area contributed by atoms with Gasteiger partial charge in [-0.3, -0.25) is 48.2 Å². The zero-order valence-electron chi connectivity index (χ0n) is 38.0. The molecule has 0 fully saturated rings. The Labute approximate surface area is 387 Å². The van der Waals surface area contributed by atoms with Gasteiger partial charge < -0.3 is 30.1 Å². The van der Waals surface area contributed by atoms with Crippen molar-refractivity contribution in [3.8, 4) is 17.3 Å². The number of pyridine rings is 1. The third-order valence-electron chi connectivity index (χ3n) is 11.3. The number of anilines is 1. The summed E-state index contributed by atoms with van der Waals surface area (Å²) in [6, 6.07) is 6.64. The molecule has 0 atom stereocenters. The summed E-state index contributed by atoms with van der Waals surface area (Å²) in [4.78, 5) is 101. The molecule has 8 rings (SSSR count). The molecule has 1 aliphatic rings. The van der Waals surface area contributed by atoms with Gasteiger partial charge in [-0.1, -0.05) is 19.1 Å². The molecule has 0 bridgehead atoms. The maximum Gasteiger partial charge on any atom is 0.295 e. The minimum atomic E-state index is -0.689. The molecule has 0 unspecified atom stereocenters. The summed E-state index contributed by atoms with van der Waals surface area (Å²) in [6.07, 6.45) is 9.94. The number of amides is 6. The molecule has 7 aromatic rings. The second-order valence-electron chi connectivity index (χ2n) is 16.0. The third kappa shape index (κ3) is 9.15. The molecule has 0 spiro atoms. The number of nitrogens with one attached hydrogen (secondary N) is 1. The van der Waals surface area contributed by atoms with Gasteiger partial charge in [0.1, 0.15) is 22.6 Å². The van der Waals surface area contributed by atoms with E-state index in [1.165, 1.54) is 29.3 Å². The minimum absolute atomic E-state index is 0.0270. The second kappa shape index (κ2) is 19.1.